The summed E-state index contributed by atoms with van der Waals surface area (Å²) in [4.78, 5) is 22.4. The van der Waals surface area contributed by atoms with Crippen molar-refractivity contribution in [3.63, 3.8) is 0 Å². The molecule has 7 nitrogen and oxygen atoms in total. The Bertz CT molecular complexity index is 1020. The molecule has 2 N–H and O–H groups in total. The molecule has 160 valence electrons. The molecule has 0 unspecified atom stereocenters. The fraction of sp³-hybridized carbons (Fsp3) is 0.217. The van der Waals surface area contributed by atoms with Crippen LogP contribution >= 0.6 is 11.8 Å². The number of rotatable bonds is 9. The SMILES string of the molecule is C=N/C=C(/Cc1ccc(N=C/C=C\N)cc1)SCN1CCc2ccc([N+](=O)[O-])cc2C1. The molecular weight excluding hydrogens is 410 g/mol. The Morgan fingerprint density at radius 1 is 1.26 bits per heavy atom. The molecule has 2 aromatic carbocycles. The highest BCUT2D eigenvalue weighted by atomic mass is 32.2. The van der Waals surface area contributed by atoms with Crippen LogP contribution in [0.25, 0.3) is 0 Å². The maximum absolute atomic E-state index is 11.1. The lowest BCUT2D eigenvalue weighted by molar-refractivity contribution is -0.385. The van der Waals surface area contributed by atoms with Crippen LogP contribution in [0.15, 0.2) is 75.8 Å². The Balaban J connectivity index is 1.59. The van der Waals surface area contributed by atoms with E-state index in [1.54, 1.807) is 42.4 Å². The largest absolute Gasteiger partial charge is 0.405 e. The molecule has 0 atom stereocenters. The van der Waals surface area contributed by atoms with Crippen molar-refractivity contribution in [2.24, 2.45) is 15.7 Å². The molecular formula is C23H25N5O2S. The van der Waals surface area contributed by atoms with Gasteiger partial charge in [-0.25, -0.2) is 0 Å². The number of thioether (sulfide) groups is 1. The monoisotopic (exact) mass is 435 g/mol. The minimum Gasteiger partial charge on any atom is -0.405 e. The van der Waals surface area contributed by atoms with Gasteiger partial charge in [0.1, 0.15) is 0 Å². The summed E-state index contributed by atoms with van der Waals surface area (Å²) >= 11 is 1.72. The van der Waals surface area contributed by atoms with E-state index in [1.807, 2.05) is 30.3 Å². The Morgan fingerprint density at radius 3 is 2.77 bits per heavy atom. The van der Waals surface area contributed by atoms with Gasteiger partial charge in [-0.3, -0.25) is 25.0 Å². The summed E-state index contributed by atoms with van der Waals surface area (Å²) in [6, 6.07) is 13.2. The Kier molecular flexibility index (Phi) is 8.14. The highest BCUT2D eigenvalue weighted by molar-refractivity contribution is 8.03. The lowest BCUT2D eigenvalue weighted by atomic mass is 9.99. The van der Waals surface area contributed by atoms with E-state index in [0.29, 0.717) is 6.54 Å². The number of nitro benzene ring substituents is 1. The van der Waals surface area contributed by atoms with Crippen LogP contribution in [0.3, 0.4) is 0 Å². The number of hydrogen-bond donors (Lipinski definition) is 1. The van der Waals surface area contributed by atoms with Crippen LogP contribution in [-0.4, -0.2) is 35.2 Å². The van der Waals surface area contributed by atoms with Crippen molar-refractivity contribution in [2.45, 2.75) is 19.4 Å². The molecule has 0 bridgehead atoms. The first kappa shape index (κ1) is 22.5. The van der Waals surface area contributed by atoms with Gasteiger partial charge in [-0.05, 0) is 54.2 Å². The summed E-state index contributed by atoms with van der Waals surface area (Å²) in [6.07, 6.45) is 8.23. The summed E-state index contributed by atoms with van der Waals surface area (Å²) in [7, 11) is 0. The number of benzene rings is 2. The van der Waals surface area contributed by atoms with Gasteiger partial charge in [0.2, 0.25) is 0 Å². The quantitative estimate of drug-likeness (QED) is 0.353. The summed E-state index contributed by atoms with van der Waals surface area (Å²) < 4.78 is 0. The Hall–Kier alpha value is -3.23. The van der Waals surface area contributed by atoms with Gasteiger partial charge in [-0.1, -0.05) is 18.2 Å². The number of nitrogens with zero attached hydrogens (tertiary/aromatic N) is 4. The number of nitro groups is 1. The molecule has 1 aliphatic rings. The Labute approximate surface area is 186 Å². The molecule has 1 aliphatic heterocycles. The highest BCUT2D eigenvalue weighted by Gasteiger charge is 2.19. The Morgan fingerprint density at radius 2 is 2.06 bits per heavy atom. The van der Waals surface area contributed by atoms with Crippen molar-refractivity contribution in [1.29, 1.82) is 0 Å². The van der Waals surface area contributed by atoms with Crippen LogP contribution in [0.5, 0.6) is 0 Å². The van der Waals surface area contributed by atoms with E-state index >= 15 is 0 Å². The minimum atomic E-state index is -0.337. The fourth-order valence-corrected chi connectivity index (χ4v) is 4.30. The summed E-state index contributed by atoms with van der Waals surface area (Å²) in [5.74, 6) is 0.789. The van der Waals surface area contributed by atoms with Gasteiger partial charge in [-0.15, -0.1) is 11.8 Å². The van der Waals surface area contributed by atoms with Gasteiger partial charge in [0.05, 0.1) is 10.6 Å². The van der Waals surface area contributed by atoms with Crippen LogP contribution in [0.2, 0.25) is 0 Å². The third-order valence-electron chi connectivity index (χ3n) is 4.90. The van der Waals surface area contributed by atoms with Crippen molar-refractivity contribution >= 4 is 36.1 Å². The van der Waals surface area contributed by atoms with E-state index in [1.165, 1.54) is 11.8 Å². The van der Waals surface area contributed by atoms with E-state index < -0.39 is 0 Å². The number of aliphatic imine (C=N–C) groups is 2. The van der Waals surface area contributed by atoms with Crippen molar-refractivity contribution < 1.29 is 4.92 Å². The third-order valence-corrected chi connectivity index (χ3v) is 6.01. The lowest BCUT2D eigenvalue weighted by Gasteiger charge is -2.28. The zero-order chi connectivity index (χ0) is 22.1. The molecule has 2 aromatic rings. The summed E-state index contributed by atoms with van der Waals surface area (Å²) in [6.45, 7) is 5.23. The first-order valence-corrected chi connectivity index (χ1v) is 10.8. The van der Waals surface area contributed by atoms with E-state index in [0.717, 1.165) is 47.0 Å². The van der Waals surface area contributed by atoms with Crippen molar-refractivity contribution in [3.8, 4) is 0 Å². The first-order chi connectivity index (χ1) is 15.1. The molecule has 0 saturated heterocycles. The normalized spacial score (nSPS) is 14.8. The minimum absolute atomic E-state index is 0.150. The molecule has 0 fully saturated rings. The predicted octanol–water partition coefficient (Wildman–Crippen LogP) is 4.60. The van der Waals surface area contributed by atoms with Crippen LogP contribution in [0.1, 0.15) is 16.7 Å². The average molecular weight is 436 g/mol. The lowest BCUT2D eigenvalue weighted by Crippen LogP contribution is -2.30. The fourth-order valence-electron chi connectivity index (χ4n) is 3.32. The second kappa shape index (κ2) is 11.2. The zero-order valence-corrected chi connectivity index (χ0v) is 18.0. The number of hydrogen-bond acceptors (Lipinski definition) is 7. The number of non-ortho nitro benzene ring substituents is 1. The van der Waals surface area contributed by atoms with Crippen molar-refractivity contribution in [1.82, 2.24) is 4.90 Å². The molecule has 0 aliphatic carbocycles. The maximum atomic E-state index is 11.1. The van der Waals surface area contributed by atoms with Gasteiger partial charge in [0, 0.05) is 54.8 Å². The van der Waals surface area contributed by atoms with Crippen LogP contribution < -0.4 is 5.73 Å². The van der Waals surface area contributed by atoms with Gasteiger partial charge < -0.3 is 5.73 Å². The van der Waals surface area contributed by atoms with Gasteiger partial charge in [0.25, 0.3) is 5.69 Å². The molecule has 31 heavy (non-hydrogen) atoms. The molecule has 0 aromatic heterocycles. The summed E-state index contributed by atoms with van der Waals surface area (Å²) in [5, 5.41) is 11.1. The standard InChI is InChI=1S/C23H25N5O2S/c1-25-15-23(13-18-3-6-21(7-4-18)26-11-2-10-24)31-17-27-12-9-19-5-8-22(28(29)30)14-20(19)16-27/h2-8,10-11,14-15H,1,9,12-13,16-17,24H2/b10-2-,23-15-,26-11?. The summed E-state index contributed by atoms with van der Waals surface area (Å²) in [5.41, 5.74) is 9.71. The second-order valence-electron chi connectivity index (χ2n) is 7.07. The molecule has 0 radical (unpaired) electrons. The third kappa shape index (κ3) is 6.63. The van der Waals surface area contributed by atoms with Gasteiger partial charge in [-0.2, -0.15) is 0 Å². The zero-order valence-electron chi connectivity index (χ0n) is 17.2. The molecule has 0 saturated carbocycles. The molecule has 1 heterocycles. The topological polar surface area (TPSA) is 97.1 Å². The molecule has 3 rings (SSSR count). The second-order valence-corrected chi connectivity index (χ2v) is 8.14. The van der Waals surface area contributed by atoms with E-state index in [2.05, 4.69) is 21.6 Å². The van der Waals surface area contributed by atoms with Crippen LogP contribution in [-0.2, 0) is 19.4 Å². The predicted molar refractivity (Wildman–Crippen MR) is 129 cm³/mol. The van der Waals surface area contributed by atoms with E-state index in [4.69, 9.17) is 5.73 Å². The number of nitrogens with two attached hydrogens (primary N) is 1. The van der Waals surface area contributed by atoms with Gasteiger partial charge in [0.15, 0.2) is 0 Å². The number of allylic oxidation sites excluding steroid dienone is 2. The van der Waals surface area contributed by atoms with E-state index in [9.17, 15) is 10.1 Å². The molecule has 0 spiro atoms. The van der Waals surface area contributed by atoms with Gasteiger partial charge >= 0.3 is 0 Å². The average Bonchev–Trinajstić information content (AvgIpc) is 2.78. The number of fused-ring (bicyclic) bond motifs is 1. The van der Waals surface area contributed by atoms with Crippen molar-refractivity contribution in [3.05, 3.63) is 92.7 Å². The molecule has 0 amide bonds. The molecule has 8 heteroatoms. The smallest absolute Gasteiger partial charge is 0.269 e. The highest BCUT2D eigenvalue weighted by Crippen LogP contribution is 2.28. The maximum Gasteiger partial charge on any atom is 0.269 e. The van der Waals surface area contributed by atoms with Crippen LogP contribution in [0.4, 0.5) is 11.4 Å². The van der Waals surface area contributed by atoms with E-state index in [-0.39, 0.29) is 10.6 Å². The first-order valence-electron chi connectivity index (χ1n) is 9.85. The van der Waals surface area contributed by atoms with Crippen molar-refractivity contribution in [2.75, 3.05) is 12.4 Å². The van der Waals surface area contributed by atoms with Crippen LogP contribution in [0, 0.1) is 10.1 Å².